The first kappa shape index (κ1) is 17.7. The van der Waals surface area contributed by atoms with Crippen LogP contribution in [-0.2, 0) is 26.0 Å². The van der Waals surface area contributed by atoms with Gasteiger partial charge in [0.2, 0.25) is 11.8 Å². The van der Waals surface area contributed by atoms with Crippen molar-refractivity contribution in [3.8, 4) is 0 Å². The van der Waals surface area contributed by atoms with E-state index in [1.807, 2.05) is 35.1 Å². The quantitative estimate of drug-likeness (QED) is 0.822. The normalized spacial score (nSPS) is 12.4. The summed E-state index contributed by atoms with van der Waals surface area (Å²) in [5.41, 5.74) is 6.63. The molecule has 0 aromatic heterocycles. The van der Waals surface area contributed by atoms with Crippen molar-refractivity contribution in [1.29, 1.82) is 0 Å². The lowest BCUT2D eigenvalue weighted by Gasteiger charge is -2.18. The van der Waals surface area contributed by atoms with Crippen LogP contribution >= 0.6 is 0 Å². The van der Waals surface area contributed by atoms with Crippen molar-refractivity contribution in [1.82, 2.24) is 4.72 Å². The SMILES string of the molecule is CC(=O)NS(=O)(=O)c1ccccc1C(Cc1ccccc1)C(N)=O. The molecular weight excluding hydrogens is 328 g/mol. The van der Waals surface area contributed by atoms with Gasteiger partial charge in [-0.25, -0.2) is 13.1 Å². The first-order chi connectivity index (χ1) is 11.3. The van der Waals surface area contributed by atoms with Crippen molar-refractivity contribution in [2.24, 2.45) is 5.73 Å². The van der Waals surface area contributed by atoms with Gasteiger partial charge in [-0.05, 0) is 23.6 Å². The summed E-state index contributed by atoms with van der Waals surface area (Å²) < 4.78 is 26.6. The van der Waals surface area contributed by atoms with Crippen LogP contribution in [0.4, 0.5) is 0 Å². The van der Waals surface area contributed by atoms with Crippen LogP contribution in [0.15, 0.2) is 59.5 Å². The highest BCUT2D eigenvalue weighted by molar-refractivity contribution is 7.90. The van der Waals surface area contributed by atoms with Gasteiger partial charge in [-0.3, -0.25) is 9.59 Å². The van der Waals surface area contributed by atoms with Crippen LogP contribution in [0.1, 0.15) is 24.0 Å². The van der Waals surface area contributed by atoms with E-state index in [0.717, 1.165) is 12.5 Å². The molecule has 0 aliphatic rings. The number of primary amides is 1. The minimum Gasteiger partial charge on any atom is -0.369 e. The summed E-state index contributed by atoms with van der Waals surface area (Å²) in [6.07, 6.45) is 0.267. The molecule has 2 aromatic carbocycles. The minimum absolute atomic E-state index is 0.125. The van der Waals surface area contributed by atoms with Crippen LogP contribution in [0.5, 0.6) is 0 Å². The summed E-state index contributed by atoms with van der Waals surface area (Å²) in [6, 6.07) is 15.2. The van der Waals surface area contributed by atoms with Gasteiger partial charge in [-0.1, -0.05) is 48.5 Å². The topological polar surface area (TPSA) is 106 Å². The van der Waals surface area contributed by atoms with Crippen molar-refractivity contribution in [3.05, 3.63) is 65.7 Å². The molecule has 2 amide bonds. The molecule has 3 N–H and O–H groups in total. The Bertz CT molecular complexity index is 848. The number of sulfonamides is 1. The lowest BCUT2D eigenvalue weighted by Crippen LogP contribution is -2.31. The first-order valence-electron chi connectivity index (χ1n) is 7.27. The summed E-state index contributed by atoms with van der Waals surface area (Å²) >= 11 is 0. The number of carbonyl (C=O) groups excluding carboxylic acids is 2. The fourth-order valence-electron chi connectivity index (χ4n) is 2.47. The Morgan fingerprint density at radius 3 is 2.21 bits per heavy atom. The molecule has 0 saturated heterocycles. The summed E-state index contributed by atoms with van der Waals surface area (Å²) in [4.78, 5) is 23.0. The zero-order valence-corrected chi connectivity index (χ0v) is 13.9. The maximum atomic E-state index is 12.4. The van der Waals surface area contributed by atoms with Crippen molar-refractivity contribution < 1.29 is 18.0 Å². The van der Waals surface area contributed by atoms with E-state index in [2.05, 4.69) is 0 Å². The van der Waals surface area contributed by atoms with E-state index in [1.54, 1.807) is 6.07 Å². The maximum Gasteiger partial charge on any atom is 0.264 e. The molecule has 2 rings (SSSR count). The zero-order chi connectivity index (χ0) is 17.7. The van der Waals surface area contributed by atoms with Crippen LogP contribution in [0.2, 0.25) is 0 Å². The van der Waals surface area contributed by atoms with Crippen molar-refractivity contribution >= 4 is 21.8 Å². The molecule has 0 aliphatic carbocycles. The largest absolute Gasteiger partial charge is 0.369 e. The van der Waals surface area contributed by atoms with Gasteiger partial charge < -0.3 is 5.73 Å². The number of hydrogen-bond donors (Lipinski definition) is 2. The Hall–Kier alpha value is -2.67. The van der Waals surface area contributed by atoms with Crippen LogP contribution in [0.25, 0.3) is 0 Å². The average Bonchev–Trinajstić information content (AvgIpc) is 2.52. The molecule has 2 aromatic rings. The molecule has 0 spiro atoms. The molecule has 0 heterocycles. The molecule has 0 bridgehead atoms. The Kier molecular flexibility index (Phi) is 5.35. The lowest BCUT2D eigenvalue weighted by molar-refractivity contribution is -0.119. The first-order valence-corrected chi connectivity index (χ1v) is 8.75. The van der Waals surface area contributed by atoms with Crippen LogP contribution in [-0.4, -0.2) is 20.2 Å². The summed E-state index contributed by atoms with van der Waals surface area (Å²) in [7, 11) is -4.07. The Morgan fingerprint density at radius 2 is 1.62 bits per heavy atom. The molecule has 0 radical (unpaired) electrons. The van der Waals surface area contributed by atoms with Gasteiger partial charge in [0.1, 0.15) is 0 Å². The highest BCUT2D eigenvalue weighted by Crippen LogP contribution is 2.27. The fourth-order valence-corrected chi connectivity index (χ4v) is 3.74. The number of carbonyl (C=O) groups is 2. The van der Waals surface area contributed by atoms with E-state index in [9.17, 15) is 18.0 Å². The molecule has 1 atom stereocenters. The maximum absolute atomic E-state index is 12.4. The van der Waals surface area contributed by atoms with Gasteiger partial charge in [-0.2, -0.15) is 0 Å². The molecule has 0 saturated carbocycles. The standard InChI is InChI=1S/C17H18N2O4S/c1-12(20)19-24(22,23)16-10-6-5-9-14(16)15(17(18)21)11-13-7-3-2-4-8-13/h2-10,15H,11H2,1H3,(H2,18,21)(H,19,20). The molecule has 7 heteroatoms. The average molecular weight is 346 g/mol. The Labute approximate surface area is 140 Å². The van der Waals surface area contributed by atoms with E-state index in [0.29, 0.717) is 0 Å². The van der Waals surface area contributed by atoms with Crippen molar-refractivity contribution in [2.45, 2.75) is 24.2 Å². The van der Waals surface area contributed by atoms with Crippen molar-refractivity contribution in [3.63, 3.8) is 0 Å². The number of hydrogen-bond acceptors (Lipinski definition) is 4. The van der Waals surface area contributed by atoms with Gasteiger partial charge in [0, 0.05) is 6.92 Å². The summed E-state index contributed by atoms with van der Waals surface area (Å²) in [5, 5.41) is 0. The second-order valence-corrected chi connectivity index (χ2v) is 7.00. The lowest BCUT2D eigenvalue weighted by atomic mass is 9.91. The van der Waals surface area contributed by atoms with Crippen LogP contribution < -0.4 is 10.5 Å². The van der Waals surface area contributed by atoms with E-state index >= 15 is 0 Å². The molecule has 1 unspecified atom stereocenters. The highest BCUT2D eigenvalue weighted by Gasteiger charge is 2.27. The molecule has 0 fully saturated rings. The predicted molar refractivity (Wildman–Crippen MR) is 89.5 cm³/mol. The predicted octanol–water partition coefficient (Wildman–Crippen LogP) is 1.32. The second kappa shape index (κ2) is 7.27. The number of nitrogens with one attached hydrogen (secondary N) is 1. The van der Waals surface area contributed by atoms with Gasteiger partial charge in [0.05, 0.1) is 10.8 Å². The smallest absolute Gasteiger partial charge is 0.264 e. The number of rotatable bonds is 6. The number of amides is 2. The fraction of sp³-hybridized carbons (Fsp3) is 0.176. The molecular formula is C17H18N2O4S. The minimum atomic E-state index is -4.07. The monoisotopic (exact) mass is 346 g/mol. The third-order valence-electron chi connectivity index (χ3n) is 3.49. The summed E-state index contributed by atoms with van der Waals surface area (Å²) in [6.45, 7) is 1.11. The van der Waals surface area contributed by atoms with Gasteiger partial charge in [0.15, 0.2) is 0 Å². The van der Waals surface area contributed by atoms with E-state index in [-0.39, 0.29) is 16.9 Å². The Morgan fingerprint density at radius 1 is 1.04 bits per heavy atom. The molecule has 126 valence electrons. The van der Waals surface area contributed by atoms with Gasteiger partial charge in [-0.15, -0.1) is 0 Å². The van der Waals surface area contributed by atoms with Crippen LogP contribution in [0.3, 0.4) is 0 Å². The number of benzene rings is 2. The molecule has 0 aliphatic heterocycles. The number of nitrogens with two attached hydrogens (primary N) is 1. The summed E-state index contributed by atoms with van der Waals surface area (Å²) in [5.74, 6) is -2.17. The highest BCUT2D eigenvalue weighted by atomic mass is 32.2. The van der Waals surface area contributed by atoms with Gasteiger partial charge >= 0.3 is 0 Å². The second-order valence-electron chi connectivity index (χ2n) is 5.34. The third-order valence-corrected chi connectivity index (χ3v) is 5.00. The third kappa shape index (κ3) is 4.20. The van der Waals surface area contributed by atoms with Crippen LogP contribution in [0, 0.1) is 0 Å². The van der Waals surface area contributed by atoms with E-state index in [4.69, 9.17) is 5.73 Å². The zero-order valence-electron chi connectivity index (χ0n) is 13.1. The van der Waals surface area contributed by atoms with E-state index < -0.39 is 27.8 Å². The Balaban J connectivity index is 2.49. The van der Waals surface area contributed by atoms with E-state index in [1.165, 1.54) is 18.2 Å². The molecule has 6 nitrogen and oxygen atoms in total. The molecule has 24 heavy (non-hydrogen) atoms. The van der Waals surface area contributed by atoms with Gasteiger partial charge in [0.25, 0.3) is 10.0 Å². The van der Waals surface area contributed by atoms with Crippen molar-refractivity contribution in [2.75, 3.05) is 0 Å².